The summed E-state index contributed by atoms with van der Waals surface area (Å²) >= 11 is 0. The SMILES string of the molecule is CCOC(=O)c1cnn(-c2cccc(-c3ccccc3OCc3ccc(C4CCNCC4)cc3)n2)c1C(F)(F)C(F)(F)F. The van der Waals surface area contributed by atoms with Crippen molar-refractivity contribution < 1.29 is 36.2 Å². The van der Waals surface area contributed by atoms with E-state index in [-0.39, 0.29) is 24.7 Å². The first-order valence-corrected chi connectivity index (χ1v) is 13.8. The largest absolute Gasteiger partial charge is 0.488 e. The lowest BCUT2D eigenvalue weighted by Crippen LogP contribution is -2.37. The van der Waals surface area contributed by atoms with E-state index in [1.807, 2.05) is 12.1 Å². The third-order valence-electron chi connectivity index (χ3n) is 7.22. The van der Waals surface area contributed by atoms with Crippen molar-refractivity contribution in [2.75, 3.05) is 19.7 Å². The summed E-state index contributed by atoms with van der Waals surface area (Å²) in [5.41, 5.74) is 0.261. The summed E-state index contributed by atoms with van der Waals surface area (Å²) in [5, 5.41) is 7.05. The number of aromatic nitrogens is 3. The second kappa shape index (κ2) is 12.5. The van der Waals surface area contributed by atoms with Crippen molar-refractivity contribution in [1.82, 2.24) is 20.1 Å². The molecule has 0 radical (unpaired) electrons. The van der Waals surface area contributed by atoms with Crippen LogP contribution < -0.4 is 10.1 Å². The topological polar surface area (TPSA) is 78.3 Å². The number of carbonyl (C=O) groups excluding carboxylic acids is 1. The van der Waals surface area contributed by atoms with Crippen LogP contribution in [-0.4, -0.2) is 46.6 Å². The maximum absolute atomic E-state index is 14.7. The van der Waals surface area contributed by atoms with E-state index in [2.05, 4.69) is 27.5 Å². The zero-order valence-electron chi connectivity index (χ0n) is 23.2. The molecular formula is C31H29F5N4O3. The highest BCUT2D eigenvalue weighted by Gasteiger charge is 2.62. The fourth-order valence-corrected chi connectivity index (χ4v) is 5.01. The van der Waals surface area contributed by atoms with Crippen LogP contribution in [0.25, 0.3) is 17.1 Å². The Labute approximate surface area is 244 Å². The first-order valence-electron chi connectivity index (χ1n) is 13.8. The van der Waals surface area contributed by atoms with Crippen LogP contribution in [0.5, 0.6) is 5.75 Å². The van der Waals surface area contributed by atoms with E-state index in [9.17, 15) is 26.7 Å². The van der Waals surface area contributed by atoms with Gasteiger partial charge in [0.25, 0.3) is 0 Å². The molecule has 0 spiro atoms. The number of hydrogen-bond acceptors (Lipinski definition) is 6. The molecule has 1 saturated heterocycles. The van der Waals surface area contributed by atoms with Gasteiger partial charge in [0.15, 0.2) is 5.82 Å². The van der Waals surface area contributed by atoms with Gasteiger partial charge in [-0.3, -0.25) is 0 Å². The van der Waals surface area contributed by atoms with Crippen LogP contribution in [0.2, 0.25) is 0 Å². The maximum Gasteiger partial charge on any atom is 0.459 e. The highest BCUT2D eigenvalue weighted by atomic mass is 19.4. The van der Waals surface area contributed by atoms with Crippen molar-refractivity contribution in [1.29, 1.82) is 0 Å². The molecule has 7 nitrogen and oxygen atoms in total. The molecule has 1 N–H and O–H groups in total. The Morgan fingerprint density at radius 1 is 0.977 bits per heavy atom. The third kappa shape index (κ3) is 6.38. The molecule has 0 aliphatic carbocycles. The summed E-state index contributed by atoms with van der Waals surface area (Å²) in [6, 6.07) is 19.3. The van der Waals surface area contributed by atoms with Crippen molar-refractivity contribution in [2.24, 2.45) is 0 Å². The van der Waals surface area contributed by atoms with Gasteiger partial charge in [-0.2, -0.15) is 27.1 Å². The molecule has 5 rings (SSSR count). The van der Waals surface area contributed by atoms with E-state index in [1.165, 1.54) is 24.6 Å². The van der Waals surface area contributed by atoms with Crippen LogP contribution in [0.4, 0.5) is 22.0 Å². The fraction of sp³-hybridized carbons (Fsp3) is 0.323. The molecule has 3 heterocycles. The maximum atomic E-state index is 14.7. The van der Waals surface area contributed by atoms with Gasteiger partial charge in [0, 0.05) is 5.56 Å². The van der Waals surface area contributed by atoms with Gasteiger partial charge >= 0.3 is 18.1 Å². The van der Waals surface area contributed by atoms with E-state index >= 15 is 0 Å². The number of para-hydroxylation sites is 1. The second-order valence-corrected chi connectivity index (χ2v) is 10.0. The summed E-state index contributed by atoms with van der Waals surface area (Å²) in [6.07, 6.45) is -3.20. The average molecular weight is 601 g/mol. The first-order chi connectivity index (χ1) is 20.6. The zero-order chi connectivity index (χ0) is 30.6. The third-order valence-corrected chi connectivity index (χ3v) is 7.22. The predicted molar refractivity (Wildman–Crippen MR) is 148 cm³/mol. The van der Waals surface area contributed by atoms with Crippen molar-refractivity contribution in [3.05, 3.63) is 95.3 Å². The van der Waals surface area contributed by atoms with Crippen LogP contribution in [0, 0.1) is 0 Å². The highest BCUT2D eigenvalue weighted by Crippen LogP contribution is 2.46. The molecule has 0 unspecified atom stereocenters. The quantitative estimate of drug-likeness (QED) is 0.168. The number of carbonyl (C=O) groups is 1. The zero-order valence-corrected chi connectivity index (χ0v) is 23.2. The molecular weight excluding hydrogens is 571 g/mol. The van der Waals surface area contributed by atoms with Gasteiger partial charge in [0.1, 0.15) is 23.6 Å². The number of ether oxygens (including phenoxy) is 2. The van der Waals surface area contributed by atoms with Crippen molar-refractivity contribution in [3.8, 4) is 22.8 Å². The minimum absolute atomic E-state index is 0.228. The molecule has 1 aliphatic rings. The Morgan fingerprint density at radius 2 is 1.70 bits per heavy atom. The number of nitrogens with zero attached hydrogens (tertiary/aromatic N) is 3. The van der Waals surface area contributed by atoms with Crippen molar-refractivity contribution >= 4 is 5.97 Å². The lowest BCUT2D eigenvalue weighted by atomic mass is 9.90. The Balaban J connectivity index is 1.43. The smallest absolute Gasteiger partial charge is 0.459 e. The van der Waals surface area contributed by atoms with Gasteiger partial charge in [-0.25, -0.2) is 14.5 Å². The molecule has 0 bridgehead atoms. The van der Waals surface area contributed by atoms with E-state index in [0.29, 0.717) is 28.1 Å². The number of rotatable bonds is 9. The summed E-state index contributed by atoms with van der Waals surface area (Å²) in [6.45, 7) is 3.42. The van der Waals surface area contributed by atoms with Gasteiger partial charge in [-0.1, -0.05) is 42.5 Å². The van der Waals surface area contributed by atoms with Crippen LogP contribution >= 0.6 is 0 Å². The van der Waals surface area contributed by atoms with Crippen LogP contribution in [0.1, 0.15) is 52.9 Å². The van der Waals surface area contributed by atoms with E-state index in [1.54, 1.807) is 30.3 Å². The average Bonchev–Trinajstić information content (AvgIpc) is 3.47. The summed E-state index contributed by atoms with van der Waals surface area (Å²) < 4.78 is 81.0. The molecule has 2 aromatic carbocycles. The van der Waals surface area contributed by atoms with Crippen LogP contribution in [0.3, 0.4) is 0 Å². The number of piperidine rings is 1. The molecule has 0 saturated carbocycles. The van der Waals surface area contributed by atoms with Crippen LogP contribution in [0.15, 0.2) is 72.9 Å². The second-order valence-electron chi connectivity index (χ2n) is 10.0. The molecule has 1 fully saturated rings. The monoisotopic (exact) mass is 600 g/mol. The Kier molecular flexibility index (Phi) is 8.77. The molecule has 2 aromatic heterocycles. The Morgan fingerprint density at radius 3 is 2.40 bits per heavy atom. The number of nitrogens with one attached hydrogen (secondary N) is 1. The molecule has 1 aliphatic heterocycles. The van der Waals surface area contributed by atoms with Crippen molar-refractivity contribution in [2.45, 2.75) is 44.4 Å². The lowest BCUT2D eigenvalue weighted by molar-refractivity contribution is -0.291. The predicted octanol–water partition coefficient (Wildman–Crippen LogP) is 6.81. The summed E-state index contributed by atoms with van der Waals surface area (Å²) in [7, 11) is 0. The highest BCUT2D eigenvalue weighted by molar-refractivity contribution is 5.91. The Bertz CT molecular complexity index is 1560. The van der Waals surface area contributed by atoms with Gasteiger partial charge < -0.3 is 14.8 Å². The summed E-state index contributed by atoms with van der Waals surface area (Å²) in [4.78, 5) is 16.6. The van der Waals surface area contributed by atoms with E-state index in [0.717, 1.165) is 31.5 Å². The molecule has 4 aromatic rings. The van der Waals surface area contributed by atoms with Crippen molar-refractivity contribution in [3.63, 3.8) is 0 Å². The van der Waals surface area contributed by atoms with E-state index < -0.39 is 29.3 Å². The number of esters is 1. The fourth-order valence-electron chi connectivity index (χ4n) is 5.01. The molecule has 0 atom stereocenters. The molecule has 0 amide bonds. The first kappa shape index (κ1) is 30.1. The lowest BCUT2D eigenvalue weighted by Gasteiger charge is -2.23. The van der Waals surface area contributed by atoms with Gasteiger partial charge in [0.05, 0.1) is 18.5 Å². The minimum Gasteiger partial charge on any atom is -0.488 e. The van der Waals surface area contributed by atoms with E-state index in [4.69, 9.17) is 9.47 Å². The number of benzene rings is 2. The number of alkyl halides is 5. The Hall–Kier alpha value is -4.32. The van der Waals surface area contributed by atoms with Gasteiger partial charge in [0.2, 0.25) is 0 Å². The molecule has 43 heavy (non-hydrogen) atoms. The molecule has 226 valence electrons. The summed E-state index contributed by atoms with van der Waals surface area (Å²) in [5.74, 6) is -6.17. The normalized spacial score (nSPS) is 14.5. The van der Waals surface area contributed by atoms with Gasteiger partial charge in [-0.05, 0) is 74.2 Å². The standard InChI is InChI=1S/C31H29F5N4O3/c1-2-42-29(41)24-18-38-40(28(24)30(32,33)31(34,35)36)27-9-5-7-25(39-27)23-6-3-4-8-26(23)43-19-20-10-12-21(13-11-20)22-14-16-37-17-15-22/h3-13,18,22,37H,2,14-17,19H2,1H3. The minimum atomic E-state index is -6.00. The number of pyridine rings is 1. The number of hydrogen-bond donors (Lipinski definition) is 1. The van der Waals surface area contributed by atoms with Gasteiger partial charge in [-0.15, -0.1) is 0 Å². The number of halogens is 5. The molecule has 12 heteroatoms. The van der Waals surface area contributed by atoms with Crippen LogP contribution in [-0.2, 0) is 17.3 Å².